The summed E-state index contributed by atoms with van der Waals surface area (Å²) in [4.78, 5) is 38.5. The topological polar surface area (TPSA) is 84.6 Å². The number of aromatic nitrogens is 1. The fourth-order valence-electron chi connectivity index (χ4n) is 3.50. The van der Waals surface area contributed by atoms with Crippen LogP contribution in [0.25, 0.3) is 11.8 Å². The second kappa shape index (κ2) is 7.79. The maximum Gasteiger partial charge on any atom is 0.331 e. The number of urea groups is 1. The number of amides is 4. The fraction of sp³-hybridized carbons (Fsp3) is 0.136. The van der Waals surface area contributed by atoms with Gasteiger partial charge in [0.05, 0.1) is 12.8 Å². The Morgan fingerprint density at radius 3 is 2.60 bits per heavy atom. The van der Waals surface area contributed by atoms with Crippen molar-refractivity contribution < 1.29 is 18.8 Å². The van der Waals surface area contributed by atoms with Crippen LogP contribution in [0.15, 0.2) is 63.2 Å². The number of aryl methyl sites for hydroxylation is 1. The molecule has 1 N–H and O–H groups in total. The second-order valence-corrected chi connectivity index (χ2v) is 7.85. The van der Waals surface area contributed by atoms with Gasteiger partial charge >= 0.3 is 6.03 Å². The van der Waals surface area contributed by atoms with Crippen LogP contribution in [0, 0.1) is 13.8 Å². The maximum atomic E-state index is 12.9. The molecule has 1 aromatic carbocycles. The average molecular weight is 468 g/mol. The zero-order chi connectivity index (χ0) is 21.4. The van der Waals surface area contributed by atoms with Crippen LogP contribution in [0.4, 0.5) is 4.79 Å². The van der Waals surface area contributed by atoms with Gasteiger partial charge in [-0.3, -0.25) is 19.8 Å². The average Bonchev–Trinajstić information content (AvgIpc) is 3.30. The normalized spacial score (nSPS) is 15.8. The number of hydrogen-bond donors (Lipinski definition) is 1. The van der Waals surface area contributed by atoms with Crippen molar-refractivity contribution in [3.05, 3.63) is 81.5 Å². The predicted molar refractivity (Wildman–Crippen MR) is 114 cm³/mol. The van der Waals surface area contributed by atoms with Gasteiger partial charge in [0, 0.05) is 21.5 Å². The van der Waals surface area contributed by atoms with E-state index in [9.17, 15) is 14.4 Å². The van der Waals surface area contributed by atoms with Crippen LogP contribution in [0.2, 0.25) is 0 Å². The summed E-state index contributed by atoms with van der Waals surface area (Å²) in [7, 11) is 0. The first kappa shape index (κ1) is 19.9. The Morgan fingerprint density at radius 2 is 1.90 bits per heavy atom. The molecule has 0 bridgehead atoms. The van der Waals surface area contributed by atoms with Crippen molar-refractivity contribution in [3.8, 4) is 5.69 Å². The van der Waals surface area contributed by atoms with Gasteiger partial charge in [-0.2, -0.15) is 0 Å². The quantitative estimate of drug-likeness (QED) is 0.462. The first-order valence-electron chi connectivity index (χ1n) is 9.21. The van der Waals surface area contributed by atoms with Crippen molar-refractivity contribution in [1.82, 2.24) is 14.8 Å². The number of imide groups is 2. The highest BCUT2D eigenvalue weighted by molar-refractivity contribution is 9.10. The molecule has 0 atom stereocenters. The van der Waals surface area contributed by atoms with Crippen molar-refractivity contribution in [2.75, 3.05) is 0 Å². The van der Waals surface area contributed by atoms with Crippen molar-refractivity contribution >= 4 is 39.9 Å². The van der Waals surface area contributed by atoms with E-state index in [4.69, 9.17) is 4.42 Å². The highest BCUT2D eigenvalue weighted by Gasteiger charge is 2.36. The van der Waals surface area contributed by atoms with E-state index in [0.717, 1.165) is 32.0 Å². The number of nitrogens with one attached hydrogen (secondary N) is 1. The summed E-state index contributed by atoms with van der Waals surface area (Å²) in [6.07, 6.45) is 2.98. The molecule has 8 heteroatoms. The van der Waals surface area contributed by atoms with Crippen molar-refractivity contribution in [3.63, 3.8) is 0 Å². The molecule has 3 heterocycles. The smallest absolute Gasteiger partial charge is 0.331 e. The number of furan rings is 1. The molecule has 4 amide bonds. The Balaban J connectivity index is 1.71. The van der Waals surface area contributed by atoms with Gasteiger partial charge in [-0.15, -0.1) is 0 Å². The minimum Gasteiger partial charge on any atom is -0.467 e. The van der Waals surface area contributed by atoms with Crippen LogP contribution < -0.4 is 5.32 Å². The molecule has 1 fully saturated rings. The predicted octanol–water partition coefficient (Wildman–Crippen LogP) is 4.11. The molecule has 0 unspecified atom stereocenters. The molecule has 152 valence electrons. The molecule has 7 nitrogen and oxygen atoms in total. The summed E-state index contributed by atoms with van der Waals surface area (Å²) in [5.41, 5.74) is 3.39. The highest BCUT2D eigenvalue weighted by Crippen LogP contribution is 2.26. The lowest BCUT2D eigenvalue weighted by molar-refractivity contribution is -0.130. The SMILES string of the molecule is Cc1cc(/C=C2\C(=O)NC(=O)N(Cc3ccco3)C2=O)c(C)n1-c1cccc(Br)c1. The van der Waals surface area contributed by atoms with E-state index < -0.39 is 17.8 Å². The van der Waals surface area contributed by atoms with Gasteiger partial charge in [0.2, 0.25) is 0 Å². The highest BCUT2D eigenvalue weighted by atomic mass is 79.9. The molecule has 1 aliphatic rings. The number of nitrogens with zero attached hydrogens (tertiary/aromatic N) is 2. The lowest BCUT2D eigenvalue weighted by atomic mass is 10.1. The van der Waals surface area contributed by atoms with E-state index in [1.807, 2.05) is 48.7 Å². The second-order valence-electron chi connectivity index (χ2n) is 6.93. The molecule has 2 aromatic heterocycles. The van der Waals surface area contributed by atoms with Gasteiger partial charge < -0.3 is 8.98 Å². The number of barbiturate groups is 1. The maximum absolute atomic E-state index is 12.9. The van der Waals surface area contributed by atoms with E-state index >= 15 is 0 Å². The van der Waals surface area contributed by atoms with Crippen molar-refractivity contribution in [2.45, 2.75) is 20.4 Å². The monoisotopic (exact) mass is 467 g/mol. The molecule has 30 heavy (non-hydrogen) atoms. The lowest BCUT2D eigenvalue weighted by Crippen LogP contribution is -2.53. The summed E-state index contributed by atoms with van der Waals surface area (Å²) < 4.78 is 8.21. The molecule has 0 aliphatic carbocycles. The third-order valence-corrected chi connectivity index (χ3v) is 5.41. The summed E-state index contributed by atoms with van der Waals surface area (Å²) in [5, 5.41) is 2.23. The van der Waals surface area contributed by atoms with Crippen molar-refractivity contribution in [1.29, 1.82) is 0 Å². The molecule has 3 aromatic rings. The number of halogens is 1. The third-order valence-electron chi connectivity index (χ3n) is 4.92. The van der Waals surface area contributed by atoms with E-state index in [0.29, 0.717) is 5.76 Å². The Morgan fingerprint density at radius 1 is 1.10 bits per heavy atom. The number of carbonyl (C=O) groups is 3. The van der Waals surface area contributed by atoms with Gasteiger partial charge in [-0.1, -0.05) is 22.0 Å². The van der Waals surface area contributed by atoms with E-state index in [2.05, 4.69) is 21.2 Å². The standard InChI is InChI=1S/C22H18BrN3O4/c1-13-9-15(14(2)26(13)17-6-3-5-16(23)11-17)10-19-20(27)24-22(29)25(21(19)28)12-18-7-4-8-30-18/h3-11H,12H2,1-2H3,(H,24,27,29)/b19-10+. The minimum absolute atomic E-state index is 0.0562. The Kier molecular flexibility index (Phi) is 5.17. The summed E-state index contributed by atoms with van der Waals surface area (Å²) >= 11 is 3.48. The molecule has 0 spiro atoms. The van der Waals surface area contributed by atoms with Crippen LogP contribution in [0.1, 0.15) is 22.7 Å². The number of rotatable bonds is 4. The Bertz CT molecular complexity index is 1190. The third kappa shape index (κ3) is 3.61. The summed E-state index contributed by atoms with van der Waals surface area (Å²) in [6, 6.07) is 12.3. The van der Waals surface area contributed by atoms with Crippen LogP contribution in [-0.4, -0.2) is 27.3 Å². The van der Waals surface area contributed by atoms with Crippen LogP contribution in [0.3, 0.4) is 0 Å². The van der Waals surface area contributed by atoms with Crippen molar-refractivity contribution in [2.24, 2.45) is 0 Å². The van der Waals surface area contributed by atoms with Gasteiger partial charge in [0.25, 0.3) is 11.8 Å². The molecule has 1 aliphatic heterocycles. The Labute approximate surface area is 181 Å². The van der Waals surface area contributed by atoms with Gasteiger partial charge in [0.15, 0.2) is 0 Å². The summed E-state index contributed by atoms with van der Waals surface area (Å²) in [6.45, 7) is 3.81. The fourth-order valence-corrected chi connectivity index (χ4v) is 3.88. The first-order chi connectivity index (χ1) is 14.3. The largest absolute Gasteiger partial charge is 0.467 e. The van der Waals surface area contributed by atoms with E-state index in [-0.39, 0.29) is 12.1 Å². The molecule has 1 saturated heterocycles. The number of hydrogen-bond acceptors (Lipinski definition) is 4. The van der Waals surface area contributed by atoms with E-state index in [1.165, 1.54) is 12.3 Å². The van der Waals surface area contributed by atoms with Gasteiger partial charge in [-0.05, 0) is 61.9 Å². The molecular weight excluding hydrogens is 450 g/mol. The molecular formula is C22H18BrN3O4. The summed E-state index contributed by atoms with van der Waals surface area (Å²) in [5.74, 6) is -0.930. The zero-order valence-corrected chi connectivity index (χ0v) is 17.9. The van der Waals surface area contributed by atoms with E-state index in [1.54, 1.807) is 12.1 Å². The Hall–Kier alpha value is -3.39. The van der Waals surface area contributed by atoms with Gasteiger partial charge in [0.1, 0.15) is 11.3 Å². The van der Waals surface area contributed by atoms with Crippen LogP contribution in [-0.2, 0) is 16.1 Å². The number of benzene rings is 1. The van der Waals surface area contributed by atoms with Gasteiger partial charge in [-0.25, -0.2) is 4.79 Å². The lowest BCUT2D eigenvalue weighted by Gasteiger charge is -2.25. The number of carbonyl (C=O) groups excluding carboxylic acids is 3. The molecule has 0 radical (unpaired) electrons. The minimum atomic E-state index is -0.766. The molecule has 4 rings (SSSR count). The van der Waals surface area contributed by atoms with Crippen LogP contribution in [0.5, 0.6) is 0 Å². The first-order valence-corrected chi connectivity index (χ1v) is 10.0. The van der Waals surface area contributed by atoms with Crippen LogP contribution >= 0.6 is 15.9 Å². The molecule has 0 saturated carbocycles. The zero-order valence-electron chi connectivity index (χ0n) is 16.3.